The van der Waals surface area contributed by atoms with Gasteiger partial charge in [0.1, 0.15) is 6.04 Å². The molecule has 0 aromatic heterocycles. The number of methoxy groups -OCH3 is 2. The predicted molar refractivity (Wildman–Crippen MR) is 108 cm³/mol. The highest BCUT2D eigenvalue weighted by molar-refractivity contribution is 5.97. The minimum Gasteiger partial charge on any atom is -0.493 e. The molecule has 150 valence electrons. The third-order valence-corrected chi connectivity index (χ3v) is 4.18. The normalized spacial score (nSPS) is 11.4. The first-order valence-corrected chi connectivity index (χ1v) is 9.17. The summed E-state index contributed by atoms with van der Waals surface area (Å²) < 4.78 is 10.6. The zero-order valence-electron chi connectivity index (χ0n) is 16.5. The summed E-state index contributed by atoms with van der Waals surface area (Å²) in [7, 11) is 3.19. The second-order valence-electron chi connectivity index (χ2n) is 6.09. The van der Waals surface area contributed by atoms with E-state index >= 15 is 0 Å². The van der Waals surface area contributed by atoms with Gasteiger partial charge in [0.25, 0.3) is 0 Å². The van der Waals surface area contributed by atoms with Gasteiger partial charge in [0.05, 0.1) is 14.2 Å². The van der Waals surface area contributed by atoms with Crippen LogP contribution in [0.1, 0.15) is 24.1 Å². The van der Waals surface area contributed by atoms with Crippen LogP contribution in [0.15, 0.2) is 48.5 Å². The van der Waals surface area contributed by atoms with E-state index in [1.807, 2.05) is 48.5 Å². The maximum absolute atomic E-state index is 12.6. The van der Waals surface area contributed by atoms with Crippen molar-refractivity contribution in [3.05, 3.63) is 59.7 Å². The first-order chi connectivity index (χ1) is 13.6. The monoisotopic (exact) mass is 385 g/mol. The van der Waals surface area contributed by atoms with Crippen LogP contribution < -0.4 is 25.4 Å². The van der Waals surface area contributed by atoms with Crippen LogP contribution in [-0.4, -0.2) is 39.2 Å². The zero-order valence-corrected chi connectivity index (χ0v) is 16.5. The summed E-state index contributed by atoms with van der Waals surface area (Å²) in [5.41, 5.74) is 1.83. The third-order valence-electron chi connectivity index (χ3n) is 4.18. The molecule has 0 bridgehead atoms. The lowest BCUT2D eigenvalue weighted by Gasteiger charge is -2.19. The molecule has 0 unspecified atom stereocenters. The van der Waals surface area contributed by atoms with Crippen molar-refractivity contribution in [2.24, 2.45) is 0 Å². The Labute approximate surface area is 165 Å². The molecule has 0 saturated carbocycles. The first kappa shape index (κ1) is 21.2. The number of imide groups is 1. The fourth-order valence-electron chi connectivity index (χ4n) is 2.79. The number of urea groups is 1. The molecule has 3 N–H and O–H groups in total. The number of rotatable bonds is 9. The molecule has 0 aliphatic rings. The van der Waals surface area contributed by atoms with E-state index in [0.717, 1.165) is 11.1 Å². The molecule has 3 amide bonds. The van der Waals surface area contributed by atoms with Gasteiger partial charge in [-0.15, -0.1) is 0 Å². The van der Waals surface area contributed by atoms with Crippen LogP contribution in [0.4, 0.5) is 4.79 Å². The largest absolute Gasteiger partial charge is 0.493 e. The van der Waals surface area contributed by atoms with Crippen molar-refractivity contribution >= 4 is 11.9 Å². The van der Waals surface area contributed by atoms with E-state index in [-0.39, 0.29) is 0 Å². The van der Waals surface area contributed by atoms with Crippen molar-refractivity contribution in [1.29, 1.82) is 0 Å². The molecule has 28 heavy (non-hydrogen) atoms. The van der Waals surface area contributed by atoms with E-state index in [1.165, 1.54) is 0 Å². The van der Waals surface area contributed by atoms with Crippen LogP contribution in [0.2, 0.25) is 0 Å². The van der Waals surface area contributed by atoms with Gasteiger partial charge in [0.2, 0.25) is 5.91 Å². The molecule has 7 heteroatoms. The van der Waals surface area contributed by atoms with Crippen LogP contribution in [-0.2, 0) is 11.2 Å². The molecule has 0 spiro atoms. The van der Waals surface area contributed by atoms with Gasteiger partial charge in [-0.2, -0.15) is 0 Å². The highest BCUT2D eigenvalue weighted by atomic mass is 16.5. The Bertz CT molecular complexity index is 780. The molecule has 2 aromatic rings. The number of amides is 3. The fraction of sp³-hybridized carbons (Fsp3) is 0.333. The second kappa shape index (κ2) is 10.9. The van der Waals surface area contributed by atoms with Crippen LogP contribution in [0.3, 0.4) is 0 Å². The number of carbonyl (C=O) groups is 2. The van der Waals surface area contributed by atoms with Crippen molar-refractivity contribution in [3.8, 4) is 11.5 Å². The van der Waals surface area contributed by atoms with Gasteiger partial charge in [0, 0.05) is 13.1 Å². The maximum Gasteiger partial charge on any atom is 0.321 e. The summed E-state index contributed by atoms with van der Waals surface area (Å²) >= 11 is 0. The summed E-state index contributed by atoms with van der Waals surface area (Å²) in [4.78, 5) is 24.3. The number of ether oxygens (including phenoxy) is 2. The van der Waals surface area contributed by atoms with E-state index in [0.29, 0.717) is 31.0 Å². The second-order valence-corrected chi connectivity index (χ2v) is 6.09. The standard InChI is InChI=1S/C21H27N3O4/c1-4-22-21(26)24-20(25)19(16-8-6-5-7-9-16)23-13-12-15-10-11-17(27-2)18(14-15)28-3/h5-11,14,19,23H,4,12-13H2,1-3H3,(H2,22,24,25,26)/t19-/m0/s1. The lowest BCUT2D eigenvalue weighted by atomic mass is 10.1. The number of nitrogens with one attached hydrogen (secondary N) is 3. The predicted octanol–water partition coefficient (Wildman–Crippen LogP) is 2.42. The Morgan fingerprint density at radius 3 is 2.36 bits per heavy atom. The van der Waals surface area contributed by atoms with E-state index < -0.39 is 18.0 Å². The van der Waals surface area contributed by atoms with Crippen molar-refractivity contribution < 1.29 is 19.1 Å². The van der Waals surface area contributed by atoms with Crippen LogP contribution >= 0.6 is 0 Å². The Morgan fingerprint density at radius 2 is 1.71 bits per heavy atom. The van der Waals surface area contributed by atoms with Gasteiger partial charge in [-0.25, -0.2) is 4.79 Å². The highest BCUT2D eigenvalue weighted by Crippen LogP contribution is 2.27. The van der Waals surface area contributed by atoms with Gasteiger partial charge in [0.15, 0.2) is 11.5 Å². The number of hydrogen-bond donors (Lipinski definition) is 3. The molecule has 7 nitrogen and oxygen atoms in total. The van der Waals surface area contributed by atoms with E-state index in [1.54, 1.807) is 21.1 Å². The first-order valence-electron chi connectivity index (χ1n) is 9.17. The Morgan fingerprint density at radius 1 is 1.00 bits per heavy atom. The summed E-state index contributed by atoms with van der Waals surface area (Å²) in [6, 6.07) is 13.9. The fourth-order valence-corrected chi connectivity index (χ4v) is 2.79. The van der Waals surface area contributed by atoms with Gasteiger partial charge in [-0.1, -0.05) is 36.4 Å². The quantitative estimate of drug-likeness (QED) is 0.617. The minimum absolute atomic E-state index is 0.399. The molecule has 0 saturated heterocycles. The Balaban J connectivity index is 2.04. The molecule has 0 aliphatic carbocycles. The summed E-state index contributed by atoms with van der Waals surface area (Å²) in [6.07, 6.45) is 0.679. The average Bonchev–Trinajstić information content (AvgIpc) is 2.71. The Kier molecular flexibility index (Phi) is 8.30. The molecule has 0 heterocycles. The van der Waals surface area contributed by atoms with Crippen LogP contribution in [0.25, 0.3) is 0 Å². The van der Waals surface area contributed by atoms with Crippen LogP contribution in [0.5, 0.6) is 11.5 Å². The molecule has 2 rings (SSSR count). The van der Waals surface area contributed by atoms with Gasteiger partial charge in [-0.05, 0) is 36.6 Å². The summed E-state index contributed by atoms with van der Waals surface area (Å²) in [5.74, 6) is 0.931. The molecular weight excluding hydrogens is 358 g/mol. The van der Waals surface area contributed by atoms with Gasteiger partial charge in [-0.3, -0.25) is 10.1 Å². The molecule has 0 radical (unpaired) electrons. The SMILES string of the molecule is CCNC(=O)NC(=O)[C@@H](NCCc1ccc(OC)c(OC)c1)c1ccccc1. The van der Waals surface area contributed by atoms with Gasteiger partial charge < -0.3 is 20.1 Å². The number of benzene rings is 2. The molecule has 0 aliphatic heterocycles. The van der Waals surface area contributed by atoms with Gasteiger partial charge >= 0.3 is 6.03 Å². The van der Waals surface area contributed by atoms with E-state index in [2.05, 4.69) is 16.0 Å². The van der Waals surface area contributed by atoms with Crippen molar-refractivity contribution in [2.75, 3.05) is 27.3 Å². The maximum atomic E-state index is 12.6. The zero-order chi connectivity index (χ0) is 20.4. The van der Waals surface area contributed by atoms with E-state index in [4.69, 9.17) is 9.47 Å². The van der Waals surface area contributed by atoms with Crippen LogP contribution in [0, 0.1) is 0 Å². The topological polar surface area (TPSA) is 88.7 Å². The summed E-state index contributed by atoms with van der Waals surface area (Å²) in [5, 5.41) is 8.17. The highest BCUT2D eigenvalue weighted by Gasteiger charge is 2.21. The third kappa shape index (κ3) is 5.99. The lowest BCUT2D eigenvalue weighted by Crippen LogP contribution is -2.45. The lowest BCUT2D eigenvalue weighted by molar-refractivity contribution is -0.122. The number of carbonyl (C=O) groups excluding carboxylic acids is 2. The smallest absolute Gasteiger partial charge is 0.321 e. The van der Waals surface area contributed by atoms with Crippen molar-refractivity contribution in [1.82, 2.24) is 16.0 Å². The molecular formula is C21H27N3O4. The summed E-state index contributed by atoms with van der Waals surface area (Å²) in [6.45, 7) is 2.78. The molecule has 2 aromatic carbocycles. The Hall–Kier alpha value is -3.06. The minimum atomic E-state index is -0.635. The van der Waals surface area contributed by atoms with Crippen molar-refractivity contribution in [3.63, 3.8) is 0 Å². The molecule has 0 fully saturated rings. The number of hydrogen-bond acceptors (Lipinski definition) is 5. The van der Waals surface area contributed by atoms with E-state index in [9.17, 15) is 9.59 Å². The average molecular weight is 385 g/mol. The molecule has 1 atom stereocenters. The van der Waals surface area contributed by atoms with Crippen molar-refractivity contribution in [2.45, 2.75) is 19.4 Å².